The Kier molecular flexibility index (Phi) is 7.15. The minimum atomic E-state index is -1.29. The predicted octanol–water partition coefficient (Wildman–Crippen LogP) is -0.540. The Morgan fingerprint density at radius 1 is 1.27 bits per heavy atom. The zero-order valence-corrected chi connectivity index (χ0v) is 16.1. The first kappa shape index (κ1) is 21.5. The van der Waals surface area contributed by atoms with E-state index in [4.69, 9.17) is 14.8 Å². The Bertz CT molecular complexity index is 1060. The number of nitriles is 1. The molecule has 0 bridgehead atoms. The molecule has 3 rings (SSSR count). The number of imidazole rings is 1. The Balaban J connectivity index is 1.93. The fourth-order valence-electron chi connectivity index (χ4n) is 2.89. The molecule has 30 heavy (non-hydrogen) atoms. The first-order chi connectivity index (χ1) is 14.6. The molecule has 0 spiro atoms. The molecule has 4 atom stereocenters. The zero-order chi connectivity index (χ0) is 21.5. The summed E-state index contributed by atoms with van der Waals surface area (Å²) < 4.78 is 6.98. The Hall–Kier alpha value is -3.24. The van der Waals surface area contributed by atoms with Crippen LogP contribution in [-0.4, -0.2) is 66.9 Å². The standard InChI is InChI=1S/C19H20N6O5/c1-29-24-17-14-18(23-13(22-17)8-6-4-2-3-5-7-9-20)25(11-21-14)19-16(28)15(27)12(10-26)30-19/h11-12,15-16,19,26-28H,3,5,7,10H2,1H3,(H,22,23,24)/t12-,15-,16+,19-/m1/s1. The molecule has 156 valence electrons. The maximum Gasteiger partial charge on any atom is 0.210 e. The Labute approximate surface area is 172 Å². The van der Waals surface area contributed by atoms with Crippen LogP contribution in [0.15, 0.2) is 6.33 Å². The van der Waals surface area contributed by atoms with Crippen molar-refractivity contribution in [2.45, 2.75) is 43.8 Å². The summed E-state index contributed by atoms with van der Waals surface area (Å²) in [6, 6.07) is 2.05. The lowest BCUT2D eigenvalue weighted by Crippen LogP contribution is -2.33. The summed E-state index contributed by atoms with van der Waals surface area (Å²) >= 11 is 0. The van der Waals surface area contributed by atoms with Gasteiger partial charge in [0.05, 0.1) is 26.1 Å². The van der Waals surface area contributed by atoms with Crippen molar-refractivity contribution in [3.8, 4) is 29.8 Å². The number of hydrogen-bond acceptors (Lipinski definition) is 10. The van der Waals surface area contributed by atoms with Crippen LogP contribution < -0.4 is 5.48 Å². The lowest BCUT2D eigenvalue weighted by molar-refractivity contribution is -0.0511. The highest BCUT2D eigenvalue weighted by atomic mass is 16.6. The lowest BCUT2D eigenvalue weighted by Gasteiger charge is -2.16. The van der Waals surface area contributed by atoms with Gasteiger partial charge in [-0.25, -0.2) is 15.4 Å². The molecule has 0 unspecified atom stereocenters. The first-order valence-corrected chi connectivity index (χ1v) is 9.12. The van der Waals surface area contributed by atoms with Crippen molar-refractivity contribution >= 4 is 17.0 Å². The van der Waals surface area contributed by atoms with E-state index >= 15 is 0 Å². The number of ether oxygens (including phenoxy) is 1. The van der Waals surface area contributed by atoms with Crippen LogP contribution in [0.25, 0.3) is 11.2 Å². The van der Waals surface area contributed by atoms with Crippen molar-refractivity contribution in [3.63, 3.8) is 0 Å². The number of fused-ring (bicyclic) bond motifs is 1. The van der Waals surface area contributed by atoms with Crippen LogP contribution >= 0.6 is 0 Å². The Morgan fingerprint density at radius 3 is 2.80 bits per heavy atom. The van der Waals surface area contributed by atoms with Crippen LogP contribution in [0.3, 0.4) is 0 Å². The molecule has 0 amide bonds. The number of anilines is 1. The van der Waals surface area contributed by atoms with Gasteiger partial charge in [-0.3, -0.25) is 9.40 Å². The van der Waals surface area contributed by atoms with Crippen molar-refractivity contribution in [1.82, 2.24) is 19.5 Å². The third-order valence-corrected chi connectivity index (χ3v) is 4.33. The van der Waals surface area contributed by atoms with Gasteiger partial charge in [-0.15, -0.1) is 0 Å². The number of rotatable bonds is 6. The normalized spacial score (nSPS) is 22.6. The van der Waals surface area contributed by atoms with E-state index in [1.165, 1.54) is 18.0 Å². The smallest absolute Gasteiger partial charge is 0.210 e. The number of unbranched alkanes of at least 4 members (excludes halogenated alkanes) is 2. The minimum Gasteiger partial charge on any atom is -0.394 e. The van der Waals surface area contributed by atoms with Gasteiger partial charge in [0.15, 0.2) is 23.2 Å². The van der Waals surface area contributed by atoms with Crippen molar-refractivity contribution in [2.24, 2.45) is 0 Å². The molecule has 4 N–H and O–H groups in total. The van der Waals surface area contributed by atoms with Crippen LogP contribution in [0.1, 0.15) is 31.3 Å². The van der Waals surface area contributed by atoms with Crippen LogP contribution in [0.5, 0.6) is 0 Å². The fourth-order valence-corrected chi connectivity index (χ4v) is 2.89. The van der Waals surface area contributed by atoms with Gasteiger partial charge in [0.2, 0.25) is 5.82 Å². The molecule has 1 aliphatic rings. The summed E-state index contributed by atoms with van der Waals surface area (Å²) in [5.41, 5.74) is 3.22. The van der Waals surface area contributed by atoms with Crippen LogP contribution in [0.4, 0.5) is 5.82 Å². The SMILES string of the molecule is CONc1nc(C#CC#CCCCC#N)nc2c1ncn2[C@@H]1O[C@H](CO)[C@@H](O)[C@@H]1O. The molecule has 3 heterocycles. The molecule has 1 fully saturated rings. The van der Waals surface area contributed by atoms with E-state index in [1.807, 2.05) is 6.07 Å². The second-order valence-corrected chi connectivity index (χ2v) is 6.32. The summed E-state index contributed by atoms with van der Waals surface area (Å²) in [5, 5.41) is 38.1. The quantitative estimate of drug-likeness (QED) is 0.276. The molecule has 11 heteroatoms. The molecule has 0 saturated carbocycles. The van der Waals surface area contributed by atoms with E-state index in [1.54, 1.807) is 0 Å². The number of aliphatic hydroxyl groups is 3. The second kappa shape index (κ2) is 9.99. The van der Waals surface area contributed by atoms with E-state index < -0.39 is 31.1 Å². The molecule has 0 aliphatic carbocycles. The number of aromatic nitrogens is 4. The monoisotopic (exact) mass is 412 g/mol. The summed E-state index contributed by atoms with van der Waals surface area (Å²) in [4.78, 5) is 17.8. The van der Waals surface area contributed by atoms with Crippen molar-refractivity contribution in [2.75, 3.05) is 19.2 Å². The van der Waals surface area contributed by atoms with Gasteiger partial charge in [-0.05, 0) is 24.2 Å². The van der Waals surface area contributed by atoms with Crippen LogP contribution in [0.2, 0.25) is 0 Å². The first-order valence-electron chi connectivity index (χ1n) is 9.12. The van der Waals surface area contributed by atoms with Crippen molar-refractivity contribution in [1.29, 1.82) is 5.26 Å². The average Bonchev–Trinajstić information content (AvgIpc) is 3.29. The second-order valence-electron chi connectivity index (χ2n) is 6.32. The largest absolute Gasteiger partial charge is 0.394 e. The van der Waals surface area contributed by atoms with E-state index in [-0.39, 0.29) is 17.3 Å². The number of aliphatic hydroxyl groups excluding tert-OH is 3. The third kappa shape index (κ3) is 4.50. The van der Waals surface area contributed by atoms with Crippen LogP contribution in [0, 0.1) is 35.0 Å². The topological polar surface area (TPSA) is 159 Å². The highest BCUT2D eigenvalue weighted by Gasteiger charge is 2.44. The minimum absolute atomic E-state index is 0.127. The molecule has 2 aromatic rings. The van der Waals surface area contributed by atoms with Crippen molar-refractivity contribution < 1.29 is 24.9 Å². The van der Waals surface area contributed by atoms with E-state index in [0.717, 1.165) is 0 Å². The summed E-state index contributed by atoms with van der Waals surface area (Å²) in [6.45, 7) is -0.448. The van der Waals surface area contributed by atoms with Crippen LogP contribution in [-0.2, 0) is 9.57 Å². The summed E-state index contributed by atoms with van der Waals surface area (Å²) in [7, 11) is 1.41. The number of nitrogens with one attached hydrogen (secondary N) is 1. The molecule has 11 nitrogen and oxygen atoms in total. The van der Waals surface area contributed by atoms with E-state index in [0.29, 0.717) is 24.8 Å². The van der Waals surface area contributed by atoms with Gasteiger partial charge >= 0.3 is 0 Å². The highest BCUT2D eigenvalue weighted by molar-refractivity contribution is 5.83. The van der Waals surface area contributed by atoms with Gasteiger partial charge in [-0.1, -0.05) is 5.92 Å². The molecular weight excluding hydrogens is 392 g/mol. The van der Waals surface area contributed by atoms with Gasteiger partial charge < -0.3 is 20.1 Å². The van der Waals surface area contributed by atoms with Gasteiger partial charge in [0.1, 0.15) is 18.3 Å². The number of hydrogen-bond donors (Lipinski definition) is 4. The van der Waals surface area contributed by atoms with E-state index in [9.17, 15) is 15.3 Å². The maximum atomic E-state index is 10.3. The fraction of sp³-hybridized carbons (Fsp3) is 0.474. The summed E-state index contributed by atoms with van der Waals surface area (Å²) in [6.07, 6.45) is -1.42. The maximum absolute atomic E-state index is 10.3. The highest BCUT2D eigenvalue weighted by Crippen LogP contribution is 2.32. The predicted molar refractivity (Wildman–Crippen MR) is 103 cm³/mol. The van der Waals surface area contributed by atoms with E-state index in [2.05, 4.69) is 44.1 Å². The van der Waals surface area contributed by atoms with Gasteiger partial charge in [0.25, 0.3) is 0 Å². The zero-order valence-electron chi connectivity index (χ0n) is 16.1. The third-order valence-electron chi connectivity index (χ3n) is 4.33. The molecule has 0 aromatic carbocycles. The average molecular weight is 412 g/mol. The van der Waals surface area contributed by atoms with Gasteiger partial charge in [0, 0.05) is 12.8 Å². The molecule has 1 saturated heterocycles. The molecule has 0 radical (unpaired) electrons. The summed E-state index contributed by atoms with van der Waals surface area (Å²) in [5.74, 6) is 11.3. The molecule has 2 aromatic heterocycles. The molecular formula is C19H20N6O5. The Morgan fingerprint density at radius 2 is 2.10 bits per heavy atom. The lowest BCUT2D eigenvalue weighted by atomic mass is 10.1. The molecule has 1 aliphatic heterocycles. The number of nitrogens with zero attached hydrogens (tertiary/aromatic N) is 5. The van der Waals surface area contributed by atoms with Gasteiger partial charge in [-0.2, -0.15) is 10.2 Å². The van der Waals surface area contributed by atoms with Crippen molar-refractivity contribution in [3.05, 3.63) is 12.2 Å².